The Bertz CT molecular complexity index is 1050. The molecule has 2 aliphatic rings. The van der Waals surface area contributed by atoms with E-state index in [2.05, 4.69) is 24.9 Å². The molecule has 0 spiro atoms. The minimum atomic E-state index is -0.434. The molecule has 0 amide bonds. The minimum absolute atomic E-state index is 0.0305. The molecular weight excluding hydrogens is 314 g/mol. The van der Waals surface area contributed by atoms with E-state index in [1.807, 2.05) is 42.5 Å². The second-order valence-corrected chi connectivity index (χ2v) is 7.38. The molecule has 0 saturated heterocycles. The number of para-hydroxylation sites is 2. The van der Waals surface area contributed by atoms with Crippen LogP contribution in [0.2, 0.25) is 0 Å². The Morgan fingerprint density at radius 3 is 2.72 bits per heavy atom. The van der Waals surface area contributed by atoms with Gasteiger partial charge in [-0.1, -0.05) is 30.3 Å². The maximum Gasteiger partial charge on any atom is 0.199 e. The van der Waals surface area contributed by atoms with Crippen LogP contribution < -0.4 is 14.9 Å². The average Bonchev–Trinajstić information content (AvgIpc) is 2.61. The molecule has 0 fully saturated rings. The van der Waals surface area contributed by atoms with Gasteiger partial charge in [0.05, 0.1) is 17.7 Å². The summed E-state index contributed by atoms with van der Waals surface area (Å²) in [5, 5.41) is 0.701. The Kier molecular flexibility index (Phi) is 2.85. The summed E-state index contributed by atoms with van der Waals surface area (Å²) in [5.41, 5.74) is 2.21. The van der Waals surface area contributed by atoms with Crippen molar-refractivity contribution in [3.8, 4) is 11.6 Å². The molecule has 2 aliphatic heterocycles. The van der Waals surface area contributed by atoms with E-state index < -0.39 is 5.60 Å². The van der Waals surface area contributed by atoms with Gasteiger partial charge in [0, 0.05) is 22.8 Å². The Labute approximate surface area is 145 Å². The van der Waals surface area contributed by atoms with Crippen molar-refractivity contribution in [3.05, 3.63) is 69.9 Å². The number of aromatic nitrogens is 1. The summed E-state index contributed by atoms with van der Waals surface area (Å²) in [5.74, 6) is 1.50. The lowest BCUT2D eigenvalue weighted by Gasteiger charge is -2.46. The lowest BCUT2D eigenvalue weighted by atomic mass is 9.70. The fraction of sp³-hybridized carbons (Fsp3) is 0.286. The highest BCUT2D eigenvalue weighted by molar-refractivity contribution is 5.80. The number of hydrogen-bond acceptors (Lipinski definition) is 3. The van der Waals surface area contributed by atoms with Gasteiger partial charge in [-0.05, 0) is 32.0 Å². The molecule has 2 aromatic carbocycles. The molecule has 0 radical (unpaired) electrons. The predicted octanol–water partition coefficient (Wildman–Crippen LogP) is 3.84. The molecule has 0 unspecified atom stereocenters. The van der Waals surface area contributed by atoms with Crippen molar-refractivity contribution >= 4 is 10.9 Å². The second kappa shape index (κ2) is 4.88. The molecule has 0 aliphatic carbocycles. The molecule has 0 bridgehead atoms. The Hall–Kier alpha value is -2.75. The first-order chi connectivity index (χ1) is 12.1. The fourth-order valence-electron chi connectivity index (χ4n) is 4.25. The Morgan fingerprint density at radius 2 is 1.84 bits per heavy atom. The van der Waals surface area contributed by atoms with Gasteiger partial charge in [0.25, 0.3) is 0 Å². The lowest BCUT2D eigenvalue weighted by molar-refractivity contribution is -0.0175. The number of nitrogens with one attached hydrogen (secondary N) is 1. The molecular formula is C21H19NO3. The summed E-state index contributed by atoms with van der Waals surface area (Å²) < 4.78 is 12.2. The smallest absolute Gasteiger partial charge is 0.199 e. The van der Waals surface area contributed by atoms with Crippen molar-refractivity contribution in [1.29, 1.82) is 0 Å². The summed E-state index contributed by atoms with van der Waals surface area (Å²) >= 11 is 0. The highest BCUT2D eigenvalue weighted by atomic mass is 16.5. The van der Waals surface area contributed by atoms with Gasteiger partial charge in [-0.3, -0.25) is 4.79 Å². The van der Waals surface area contributed by atoms with Gasteiger partial charge in [0.2, 0.25) is 0 Å². The molecule has 2 atom stereocenters. The first kappa shape index (κ1) is 14.6. The molecule has 3 heterocycles. The maximum atomic E-state index is 13.3. The SMILES string of the molecule is CC1(C)Oc2[nH]c3ccccc3c(=O)c2[C@H]2c3ccccc3OC[C@H]21. The van der Waals surface area contributed by atoms with Crippen LogP contribution in [0.4, 0.5) is 0 Å². The monoisotopic (exact) mass is 333 g/mol. The highest BCUT2D eigenvalue weighted by Crippen LogP contribution is 2.51. The number of fused-ring (bicyclic) bond motifs is 6. The third-order valence-corrected chi connectivity index (χ3v) is 5.55. The molecule has 1 N–H and O–H groups in total. The Balaban J connectivity index is 1.86. The van der Waals surface area contributed by atoms with Gasteiger partial charge in [0.15, 0.2) is 11.3 Å². The lowest BCUT2D eigenvalue weighted by Crippen LogP contribution is -2.50. The third-order valence-electron chi connectivity index (χ3n) is 5.55. The van der Waals surface area contributed by atoms with Crippen LogP contribution in [0.5, 0.6) is 11.6 Å². The average molecular weight is 333 g/mol. The number of benzene rings is 2. The minimum Gasteiger partial charge on any atom is -0.493 e. The third kappa shape index (κ3) is 1.97. The molecule has 5 rings (SSSR count). The van der Waals surface area contributed by atoms with Crippen molar-refractivity contribution in [2.45, 2.75) is 25.4 Å². The zero-order valence-electron chi connectivity index (χ0n) is 14.2. The van der Waals surface area contributed by atoms with E-state index in [-0.39, 0.29) is 17.3 Å². The molecule has 25 heavy (non-hydrogen) atoms. The molecule has 126 valence electrons. The van der Waals surface area contributed by atoms with Gasteiger partial charge >= 0.3 is 0 Å². The maximum absolute atomic E-state index is 13.3. The van der Waals surface area contributed by atoms with Crippen molar-refractivity contribution in [2.75, 3.05) is 6.61 Å². The molecule has 4 nitrogen and oxygen atoms in total. The van der Waals surface area contributed by atoms with Crippen molar-refractivity contribution < 1.29 is 9.47 Å². The molecule has 4 heteroatoms. The van der Waals surface area contributed by atoms with Crippen molar-refractivity contribution in [3.63, 3.8) is 0 Å². The predicted molar refractivity (Wildman–Crippen MR) is 96.5 cm³/mol. The van der Waals surface area contributed by atoms with Crippen LogP contribution in [0.1, 0.15) is 30.9 Å². The van der Waals surface area contributed by atoms with Crippen LogP contribution in [0, 0.1) is 5.92 Å². The summed E-state index contributed by atoms with van der Waals surface area (Å²) in [6, 6.07) is 15.6. The van der Waals surface area contributed by atoms with Crippen LogP contribution in [-0.2, 0) is 0 Å². The van der Waals surface area contributed by atoms with Crippen LogP contribution >= 0.6 is 0 Å². The van der Waals surface area contributed by atoms with Gasteiger partial charge in [-0.2, -0.15) is 0 Å². The van der Waals surface area contributed by atoms with Gasteiger partial charge < -0.3 is 14.5 Å². The standard InChI is InChI=1S/C21H19NO3/c1-21(2)14-11-24-16-10-6-4-8-13(16)17(14)18-19(23)12-7-3-5-9-15(12)22-20(18)25-21/h3-10,14,17H,11H2,1-2H3,(H,22,23)/t14-,17+/m1/s1. The quantitative estimate of drug-likeness (QED) is 0.680. The van der Waals surface area contributed by atoms with Crippen LogP contribution in [0.25, 0.3) is 10.9 Å². The topological polar surface area (TPSA) is 51.3 Å². The highest BCUT2D eigenvalue weighted by Gasteiger charge is 2.49. The first-order valence-corrected chi connectivity index (χ1v) is 8.62. The van der Waals surface area contributed by atoms with E-state index in [1.54, 1.807) is 0 Å². The van der Waals surface area contributed by atoms with E-state index in [9.17, 15) is 4.79 Å². The number of ether oxygens (including phenoxy) is 2. The van der Waals surface area contributed by atoms with E-state index in [0.717, 1.165) is 22.4 Å². The Morgan fingerprint density at radius 1 is 1.08 bits per heavy atom. The van der Waals surface area contributed by atoms with Crippen molar-refractivity contribution in [1.82, 2.24) is 4.98 Å². The largest absolute Gasteiger partial charge is 0.493 e. The van der Waals surface area contributed by atoms with Crippen LogP contribution in [-0.4, -0.2) is 17.2 Å². The van der Waals surface area contributed by atoms with E-state index in [1.165, 1.54) is 0 Å². The number of H-pyrrole nitrogens is 1. The summed E-state index contributed by atoms with van der Waals surface area (Å²) in [7, 11) is 0. The van der Waals surface area contributed by atoms with Crippen molar-refractivity contribution in [2.24, 2.45) is 5.92 Å². The number of aromatic amines is 1. The number of pyridine rings is 1. The summed E-state index contributed by atoms with van der Waals surface area (Å²) in [6.45, 7) is 4.68. The zero-order chi connectivity index (χ0) is 17.2. The van der Waals surface area contributed by atoms with Gasteiger partial charge in [-0.15, -0.1) is 0 Å². The van der Waals surface area contributed by atoms with Gasteiger partial charge in [-0.25, -0.2) is 0 Å². The fourth-order valence-corrected chi connectivity index (χ4v) is 4.25. The van der Waals surface area contributed by atoms with E-state index in [0.29, 0.717) is 17.9 Å². The van der Waals surface area contributed by atoms with Gasteiger partial charge in [0.1, 0.15) is 11.4 Å². The second-order valence-electron chi connectivity index (χ2n) is 7.38. The number of rotatable bonds is 0. The molecule has 3 aromatic rings. The van der Waals surface area contributed by atoms with E-state index >= 15 is 0 Å². The van der Waals surface area contributed by atoms with Crippen LogP contribution in [0.15, 0.2) is 53.3 Å². The molecule has 1 aromatic heterocycles. The zero-order valence-corrected chi connectivity index (χ0v) is 14.2. The van der Waals surface area contributed by atoms with E-state index in [4.69, 9.17) is 9.47 Å². The molecule has 0 saturated carbocycles. The summed E-state index contributed by atoms with van der Waals surface area (Å²) in [6.07, 6.45) is 0. The number of hydrogen-bond donors (Lipinski definition) is 1. The summed E-state index contributed by atoms with van der Waals surface area (Å²) in [4.78, 5) is 16.7. The normalized spacial score (nSPS) is 23.0. The van der Waals surface area contributed by atoms with Crippen LogP contribution in [0.3, 0.4) is 0 Å². The first-order valence-electron chi connectivity index (χ1n) is 8.62.